The molecule has 0 radical (unpaired) electrons. The van der Waals surface area contributed by atoms with E-state index in [1.54, 1.807) is 0 Å². The van der Waals surface area contributed by atoms with Crippen LogP contribution in [0.25, 0.3) is 0 Å². The molecule has 0 spiro atoms. The van der Waals surface area contributed by atoms with Crippen LogP contribution in [-0.4, -0.2) is 36.0 Å². The third kappa shape index (κ3) is 1.75. The van der Waals surface area contributed by atoms with Gasteiger partial charge in [0.15, 0.2) is 0 Å². The number of hydrogen-bond acceptors (Lipinski definition) is 4. The zero-order chi connectivity index (χ0) is 12.7. The van der Waals surface area contributed by atoms with E-state index >= 15 is 0 Å². The summed E-state index contributed by atoms with van der Waals surface area (Å²) in [5.41, 5.74) is 0.0235. The lowest BCUT2D eigenvalue weighted by atomic mass is 10.0. The second-order valence-corrected chi connectivity index (χ2v) is 5.13. The van der Waals surface area contributed by atoms with Gasteiger partial charge in [-0.1, -0.05) is 0 Å². The van der Waals surface area contributed by atoms with E-state index in [-0.39, 0.29) is 18.0 Å². The van der Waals surface area contributed by atoms with Crippen LogP contribution in [0.15, 0.2) is 27.6 Å². The lowest BCUT2D eigenvalue weighted by molar-refractivity contribution is 0.0679. The minimum atomic E-state index is -0.429. The fourth-order valence-electron chi connectivity index (χ4n) is 3.14. The van der Waals surface area contributed by atoms with E-state index in [1.165, 1.54) is 18.4 Å². The molecule has 18 heavy (non-hydrogen) atoms. The van der Waals surface area contributed by atoms with E-state index in [2.05, 4.69) is 12.2 Å². The van der Waals surface area contributed by atoms with Crippen molar-refractivity contribution >= 4 is 5.91 Å². The molecular formula is C13H16N2O3. The molecule has 2 fully saturated rings. The van der Waals surface area contributed by atoms with Crippen molar-refractivity contribution in [2.75, 3.05) is 13.1 Å². The summed E-state index contributed by atoms with van der Waals surface area (Å²) < 4.78 is 4.77. The van der Waals surface area contributed by atoms with Crippen LogP contribution in [0.5, 0.6) is 0 Å². The Bertz CT molecular complexity index is 505. The molecule has 1 aromatic rings. The molecule has 0 aliphatic carbocycles. The highest BCUT2D eigenvalue weighted by Crippen LogP contribution is 2.33. The molecule has 0 bridgehead atoms. The summed E-state index contributed by atoms with van der Waals surface area (Å²) in [6, 6.07) is 3.36. The quantitative estimate of drug-likeness (QED) is 0.784. The molecule has 2 aliphatic heterocycles. The first-order valence-electron chi connectivity index (χ1n) is 6.29. The van der Waals surface area contributed by atoms with Gasteiger partial charge >= 0.3 is 5.63 Å². The minimum Gasteiger partial charge on any atom is -0.430 e. The van der Waals surface area contributed by atoms with Crippen molar-refractivity contribution < 1.29 is 9.21 Å². The summed E-state index contributed by atoms with van der Waals surface area (Å²) in [4.78, 5) is 25.3. The molecule has 3 unspecified atom stereocenters. The third-order valence-electron chi connectivity index (χ3n) is 3.96. The van der Waals surface area contributed by atoms with Crippen molar-refractivity contribution in [1.29, 1.82) is 0 Å². The molecule has 3 heterocycles. The number of nitrogens with one attached hydrogen (secondary N) is 1. The minimum absolute atomic E-state index is 0.0394. The first-order chi connectivity index (χ1) is 8.66. The van der Waals surface area contributed by atoms with Gasteiger partial charge in [-0.2, -0.15) is 0 Å². The molecule has 0 aromatic carbocycles. The summed E-state index contributed by atoms with van der Waals surface area (Å²) in [6.45, 7) is 3.93. The average molecular weight is 248 g/mol. The van der Waals surface area contributed by atoms with E-state index in [4.69, 9.17) is 4.42 Å². The number of hydrogen-bond donors (Lipinski definition) is 1. The molecule has 1 N–H and O–H groups in total. The van der Waals surface area contributed by atoms with Crippen molar-refractivity contribution in [3.05, 3.63) is 34.4 Å². The Balaban J connectivity index is 1.87. The van der Waals surface area contributed by atoms with Crippen molar-refractivity contribution in [3.63, 3.8) is 0 Å². The summed E-state index contributed by atoms with van der Waals surface area (Å²) in [7, 11) is 0. The SMILES string of the molecule is CC1CC2CNCC2N1C(=O)c1ccc(=O)oc1. The maximum absolute atomic E-state index is 12.4. The van der Waals surface area contributed by atoms with Gasteiger partial charge in [0.1, 0.15) is 6.26 Å². The summed E-state index contributed by atoms with van der Waals surface area (Å²) in [6.07, 6.45) is 2.30. The van der Waals surface area contributed by atoms with E-state index in [0.29, 0.717) is 11.5 Å². The van der Waals surface area contributed by atoms with Gasteiger partial charge in [0.25, 0.3) is 5.91 Å². The van der Waals surface area contributed by atoms with Gasteiger partial charge in [-0.3, -0.25) is 4.79 Å². The highest BCUT2D eigenvalue weighted by Gasteiger charge is 2.44. The standard InChI is InChI=1S/C13H16N2O3/c1-8-4-10-5-14-6-11(10)15(8)13(17)9-2-3-12(16)18-7-9/h2-3,7-8,10-11,14H,4-6H2,1H3. The Labute approximate surface area is 105 Å². The molecule has 3 atom stereocenters. The van der Waals surface area contributed by atoms with Crippen LogP contribution in [0.1, 0.15) is 23.7 Å². The maximum Gasteiger partial charge on any atom is 0.335 e. The molecule has 2 saturated heterocycles. The molecule has 96 valence electrons. The van der Waals surface area contributed by atoms with Crippen LogP contribution in [-0.2, 0) is 0 Å². The first-order valence-corrected chi connectivity index (χ1v) is 6.29. The average Bonchev–Trinajstić information content (AvgIpc) is 2.89. The zero-order valence-electron chi connectivity index (χ0n) is 10.3. The van der Waals surface area contributed by atoms with Gasteiger partial charge in [0, 0.05) is 31.2 Å². The van der Waals surface area contributed by atoms with Crippen LogP contribution in [0, 0.1) is 5.92 Å². The number of carbonyl (C=O) groups is 1. The lowest BCUT2D eigenvalue weighted by Gasteiger charge is -2.27. The van der Waals surface area contributed by atoms with Crippen LogP contribution < -0.4 is 10.9 Å². The fourth-order valence-corrected chi connectivity index (χ4v) is 3.14. The highest BCUT2D eigenvalue weighted by atomic mass is 16.4. The predicted octanol–water partition coefficient (Wildman–Crippen LogP) is 0.462. The number of rotatable bonds is 1. The second-order valence-electron chi connectivity index (χ2n) is 5.13. The third-order valence-corrected chi connectivity index (χ3v) is 3.96. The van der Waals surface area contributed by atoms with Crippen LogP contribution in [0.4, 0.5) is 0 Å². The molecule has 5 heteroatoms. The van der Waals surface area contributed by atoms with Crippen molar-refractivity contribution in [1.82, 2.24) is 10.2 Å². The zero-order valence-corrected chi connectivity index (χ0v) is 10.3. The highest BCUT2D eigenvalue weighted by molar-refractivity contribution is 5.94. The maximum atomic E-state index is 12.4. The number of fused-ring (bicyclic) bond motifs is 1. The fraction of sp³-hybridized carbons (Fsp3) is 0.538. The monoisotopic (exact) mass is 248 g/mol. The number of nitrogens with zero attached hydrogens (tertiary/aromatic N) is 1. The summed E-state index contributed by atoms with van der Waals surface area (Å²) in [5, 5.41) is 3.32. The lowest BCUT2D eigenvalue weighted by Crippen LogP contribution is -2.42. The van der Waals surface area contributed by atoms with Gasteiger partial charge in [-0.05, 0) is 25.3 Å². The molecule has 0 saturated carbocycles. The molecule has 5 nitrogen and oxygen atoms in total. The van der Waals surface area contributed by atoms with Gasteiger partial charge in [-0.25, -0.2) is 4.79 Å². The molecule has 3 rings (SSSR count). The van der Waals surface area contributed by atoms with E-state index in [0.717, 1.165) is 19.5 Å². The van der Waals surface area contributed by atoms with E-state index in [1.807, 2.05) is 4.90 Å². The molecule has 2 aliphatic rings. The molecular weight excluding hydrogens is 232 g/mol. The Morgan fingerprint density at radius 3 is 3.00 bits per heavy atom. The number of likely N-dealkylation sites (tertiary alicyclic amines) is 1. The van der Waals surface area contributed by atoms with E-state index in [9.17, 15) is 9.59 Å². The summed E-state index contributed by atoms with van der Waals surface area (Å²) >= 11 is 0. The first kappa shape index (κ1) is 11.5. The molecule has 1 aromatic heterocycles. The topological polar surface area (TPSA) is 62.6 Å². The van der Waals surface area contributed by atoms with Gasteiger partial charge in [-0.15, -0.1) is 0 Å². The van der Waals surface area contributed by atoms with E-state index < -0.39 is 5.63 Å². The Kier molecular flexibility index (Phi) is 2.70. The van der Waals surface area contributed by atoms with Crippen LogP contribution >= 0.6 is 0 Å². The Morgan fingerprint density at radius 1 is 1.44 bits per heavy atom. The predicted molar refractivity (Wildman–Crippen MR) is 65.4 cm³/mol. The van der Waals surface area contributed by atoms with Crippen molar-refractivity contribution in [2.24, 2.45) is 5.92 Å². The van der Waals surface area contributed by atoms with Gasteiger partial charge in [0.2, 0.25) is 0 Å². The number of amides is 1. The Morgan fingerprint density at radius 2 is 2.28 bits per heavy atom. The normalized spacial score (nSPS) is 30.5. The van der Waals surface area contributed by atoms with Crippen LogP contribution in [0.3, 0.4) is 0 Å². The second kappa shape index (κ2) is 4.24. The Hall–Kier alpha value is -1.62. The number of carbonyl (C=O) groups excluding carboxylic acids is 1. The van der Waals surface area contributed by atoms with Gasteiger partial charge in [0.05, 0.1) is 5.56 Å². The summed E-state index contributed by atoms with van der Waals surface area (Å²) in [5.74, 6) is 0.516. The van der Waals surface area contributed by atoms with Crippen molar-refractivity contribution in [3.8, 4) is 0 Å². The van der Waals surface area contributed by atoms with Gasteiger partial charge < -0.3 is 14.6 Å². The van der Waals surface area contributed by atoms with Crippen molar-refractivity contribution in [2.45, 2.75) is 25.4 Å². The van der Waals surface area contributed by atoms with Crippen LogP contribution in [0.2, 0.25) is 0 Å². The smallest absolute Gasteiger partial charge is 0.335 e. The largest absolute Gasteiger partial charge is 0.430 e. The molecule has 1 amide bonds.